The van der Waals surface area contributed by atoms with E-state index in [1.54, 1.807) is 11.1 Å². The summed E-state index contributed by atoms with van der Waals surface area (Å²) in [5.74, 6) is 3.45. The van der Waals surface area contributed by atoms with Gasteiger partial charge in [-0.3, -0.25) is 0 Å². The Labute approximate surface area is 292 Å². The topological polar surface area (TPSA) is 3.24 Å². The Balaban J connectivity index is 1.14. The number of hydrogen-bond acceptors (Lipinski definition) is 2. The molecule has 2 heteroatoms. The summed E-state index contributed by atoms with van der Waals surface area (Å²) in [6.07, 6.45) is 8.49. The monoisotopic (exact) mass is 649 g/mol. The fourth-order valence-electron chi connectivity index (χ4n) is 11.0. The van der Waals surface area contributed by atoms with E-state index in [9.17, 15) is 0 Å². The zero-order valence-corrected chi connectivity index (χ0v) is 28.5. The smallest absolute Gasteiger partial charge is 0.0543 e. The van der Waals surface area contributed by atoms with Crippen LogP contribution in [0.4, 0.5) is 17.1 Å². The summed E-state index contributed by atoms with van der Waals surface area (Å²) in [6, 6.07) is 52.9. The van der Waals surface area contributed by atoms with Gasteiger partial charge >= 0.3 is 0 Å². The highest BCUT2D eigenvalue weighted by Gasteiger charge is 2.57. The van der Waals surface area contributed by atoms with E-state index >= 15 is 0 Å². The number of benzene rings is 6. The predicted octanol–water partition coefficient (Wildman–Crippen LogP) is 13.3. The normalized spacial score (nSPS) is 24.7. The summed E-state index contributed by atoms with van der Waals surface area (Å²) in [7, 11) is 0. The van der Waals surface area contributed by atoms with Crippen LogP contribution in [0.1, 0.15) is 49.7 Å². The van der Waals surface area contributed by atoms with Gasteiger partial charge in [0.2, 0.25) is 0 Å². The van der Waals surface area contributed by atoms with Gasteiger partial charge in [-0.2, -0.15) is 0 Å². The van der Waals surface area contributed by atoms with Gasteiger partial charge in [0.15, 0.2) is 0 Å². The van der Waals surface area contributed by atoms with Crippen LogP contribution in [0, 0.1) is 23.7 Å². The lowest BCUT2D eigenvalue weighted by Crippen LogP contribution is -2.50. The molecule has 49 heavy (non-hydrogen) atoms. The summed E-state index contributed by atoms with van der Waals surface area (Å²) in [4.78, 5) is 2.56. The molecule has 5 unspecified atom stereocenters. The fraction of sp³-hybridized carbons (Fsp3) is 0.234. The molecule has 1 nitrogen and oxygen atoms in total. The molecule has 0 radical (unpaired) electrons. The van der Waals surface area contributed by atoms with Crippen LogP contribution in [0.25, 0.3) is 42.4 Å². The third kappa shape index (κ3) is 4.10. The van der Waals surface area contributed by atoms with Crippen molar-refractivity contribution in [2.75, 3.05) is 4.90 Å². The molecule has 4 aliphatic rings. The van der Waals surface area contributed by atoms with Crippen LogP contribution in [0.3, 0.4) is 0 Å². The van der Waals surface area contributed by atoms with Gasteiger partial charge in [-0.05, 0) is 126 Å². The Morgan fingerprint density at radius 1 is 0.551 bits per heavy atom. The average molecular weight is 650 g/mol. The minimum absolute atomic E-state index is 0.124. The van der Waals surface area contributed by atoms with E-state index in [0.29, 0.717) is 0 Å². The molecule has 1 aromatic heterocycles. The Kier molecular flexibility index (Phi) is 6.14. The molecule has 1 spiro atoms. The van der Waals surface area contributed by atoms with Crippen LogP contribution >= 0.6 is 11.3 Å². The highest BCUT2D eigenvalue weighted by atomic mass is 32.1. The molecule has 7 aromatic rings. The van der Waals surface area contributed by atoms with Crippen molar-refractivity contribution in [3.8, 4) is 22.3 Å². The van der Waals surface area contributed by atoms with Crippen molar-refractivity contribution in [3.05, 3.63) is 151 Å². The molecule has 3 fully saturated rings. The first kappa shape index (κ1) is 28.2. The maximum atomic E-state index is 2.56. The van der Waals surface area contributed by atoms with Crippen molar-refractivity contribution in [3.63, 3.8) is 0 Å². The van der Waals surface area contributed by atoms with Gasteiger partial charge < -0.3 is 4.90 Å². The van der Waals surface area contributed by atoms with Crippen molar-refractivity contribution in [2.24, 2.45) is 23.7 Å². The van der Waals surface area contributed by atoms with Crippen molar-refractivity contribution < 1.29 is 0 Å². The van der Waals surface area contributed by atoms with Gasteiger partial charge in [0, 0.05) is 42.5 Å². The van der Waals surface area contributed by atoms with E-state index in [1.807, 2.05) is 11.3 Å². The van der Waals surface area contributed by atoms with E-state index < -0.39 is 0 Å². The van der Waals surface area contributed by atoms with Crippen LogP contribution < -0.4 is 4.90 Å². The molecule has 3 saturated carbocycles. The Morgan fingerprint density at radius 3 is 2.22 bits per heavy atom. The molecule has 0 aliphatic heterocycles. The van der Waals surface area contributed by atoms with Gasteiger partial charge in [-0.25, -0.2) is 0 Å². The lowest BCUT2D eigenvalue weighted by molar-refractivity contribution is -0.0103. The van der Waals surface area contributed by atoms with Crippen molar-refractivity contribution in [1.29, 1.82) is 0 Å². The van der Waals surface area contributed by atoms with Crippen LogP contribution in [0.5, 0.6) is 0 Å². The summed E-state index contributed by atoms with van der Waals surface area (Å²) < 4.78 is 2.69. The van der Waals surface area contributed by atoms with Gasteiger partial charge in [0.25, 0.3) is 0 Å². The van der Waals surface area contributed by atoms with Gasteiger partial charge in [0.05, 0.1) is 5.69 Å². The Bertz CT molecular complexity index is 2380. The predicted molar refractivity (Wildman–Crippen MR) is 207 cm³/mol. The number of nitrogens with zero attached hydrogens (tertiary/aromatic N) is 1. The number of anilines is 3. The standard InChI is InChI=1S/C47H39NS/c1-2-9-31(10-3-1)32-19-21-36(22-20-32)48(37-23-24-45-40(28-37)38-11-5-7-16-44(38)49-45)43-15-8-14-42-46(43)39-12-4-6-13-41(39)47(42)29-33-18-17-30-25-34(33)27-35(47)26-30/h1-16,19-24,28,30,33-35H,17-18,25-27,29H2. The van der Waals surface area contributed by atoms with E-state index in [0.717, 1.165) is 23.7 Å². The molecular weight excluding hydrogens is 611 g/mol. The second-order valence-corrected chi connectivity index (χ2v) is 16.4. The fourth-order valence-corrected chi connectivity index (χ4v) is 12.1. The molecule has 4 aliphatic carbocycles. The third-order valence-electron chi connectivity index (χ3n) is 13.0. The first-order chi connectivity index (χ1) is 24.2. The summed E-state index contributed by atoms with van der Waals surface area (Å²) in [5, 5.41) is 2.68. The minimum atomic E-state index is 0.124. The molecule has 238 valence electrons. The van der Waals surface area contributed by atoms with Crippen LogP contribution in [0.2, 0.25) is 0 Å². The quantitative estimate of drug-likeness (QED) is 0.183. The molecule has 5 atom stereocenters. The number of thiophene rings is 1. The second kappa shape index (κ2) is 10.7. The lowest BCUT2D eigenvalue weighted by atomic mass is 9.47. The molecular formula is C47H39NS. The highest BCUT2D eigenvalue weighted by Crippen LogP contribution is 2.67. The van der Waals surface area contributed by atoms with E-state index in [2.05, 4.69) is 144 Å². The van der Waals surface area contributed by atoms with Crippen LogP contribution in [0.15, 0.2) is 140 Å². The van der Waals surface area contributed by atoms with Crippen LogP contribution in [-0.2, 0) is 5.41 Å². The first-order valence-corrected chi connectivity index (χ1v) is 19.2. The SMILES string of the molecule is c1ccc(-c2ccc(N(c3ccc4sc5ccccc5c4c3)c3cccc4c3-c3ccccc3C43CC4CCC5CC4CC3C5)cc2)cc1. The van der Waals surface area contributed by atoms with Crippen molar-refractivity contribution >= 4 is 48.6 Å². The third-order valence-corrected chi connectivity index (χ3v) is 14.2. The molecule has 3 bridgehead atoms. The van der Waals surface area contributed by atoms with Crippen LogP contribution in [-0.4, -0.2) is 0 Å². The van der Waals surface area contributed by atoms with E-state index in [4.69, 9.17) is 0 Å². The van der Waals surface area contributed by atoms with Crippen molar-refractivity contribution in [1.82, 2.24) is 0 Å². The summed E-state index contributed by atoms with van der Waals surface area (Å²) >= 11 is 1.89. The van der Waals surface area contributed by atoms with E-state index in [1.165, 1.54) is 98.0 Å². The molecule has 0 amide bonds. The highest BCUT2D eigenvalue weighted by molar-refractivity contribution is 7.25. The van der Waals surface area contributed by atoms with Crippen molar-refractivity contribution in [2.45, 2.75) is 43.9 Å². The van der Waals surface area contributed by atoms with Gasteiger partial charge in [-0.15, -0.1) is 11.3 Å². The number of fused-ring (bicyclic) bond motifs is 11. The zero-order chi connectivity index (χ0) is 32.1. The summed E-state index contributed by atoms with van der Waals surface area (Å²) in [5.41, 5.74) is 12.5. The second-order valence-electron chi connectivity index (χ2n) is 15.3. The number of hydrogen-bond donors (Lipinski definition) is 0. The van der Waals surface area contributed by atoms with Gasteiger partial charge in [-0.1, -0.05) is 103 Å². The molecule has 11 rings (SSSR count). The molecule has 1 heterocycles. The molecule has 6 aromatic carbocycles. The molecule has 0 N–H and O–H groups in total. The Hall–Kier alpha value is -4.66. The van der Waals surface area contributed by atoms with Gasteiger partial charge in [0.1, 0.15) is 0 Å². The largest absolute Gasteiger partial charge is 0.310 e. The Morgan fingerprint density at radius 2 is 1.31 bits per heavy atom. The minimum Gasteiger partial charge on any atom is -0.310 e. The summed E-state index contributed by atoms with van der Waals surface area (Å²) in [6.45, 7) is 0. The van der Waals surface area contributed by atoms with E-state index in [-0.39, 0.29) is 5.41 Å². The maximum absolute atomic E-state index is 2.56. The zero-order valence-electron chi connectivity index (χ0n) is 27.7. The molecule has 0 saturated heterocycles. The number of rotatable bonds is 4. The first-order valence-electron chi connectivity index (χ1n) is 18.3. The lowest BCUT2D eigenvalue weighted by Gasteiger charge is -2.57. The maximum Gasteiger partial charge on any atom is 0.0543 e. The average Bonchev–Trinajstić information content (AvgIpc) is 3.67.